The van der Waals surface area contributed by atoms with Gasteiger partial charge < -0.3 is 10.1 Å². The Morgan fingerprint density at radius 1 is 1.22 bits per heavy atom. The first-order chi connectivity index (χ1) is 11.0. The first-order valence-electron chi connectivity index (χ1n) is 7.74. The fourth-order valence-electron chi connectivity index (χ4n) is 3.06. The van der Waals surface area contributed by atoms with E-state index in [1.807, 2.05) is 30.3 Å². The zero-order valence-electron chi connectivity index (χ0n) is 12.9. The average molecular weight is 335 g/mol. The summed E-state index contributed by atoms with van der Waals surface area (Å²) in [6, 6.07) is 9.41. The number of nitrogens with one attached hydrogen (secondary N) is 1. The zero-order chi connectivity index (χ0) is 16.3. The van der Waals surface area contributed by atoms with Crippen LogP contribution in [-0.2, 0) is 16.6 Å². The molecule has 124 valence electrons. The lowest BCUT2D eigenvalue weighted by Gasteiger charge is -2.30. The normalized spacial score (nSPS) is 17.7. The zero-order valence-corrected chi connectivity index (χ0v) is 13.7. The molecular weight excluding hydrogens is 314 g/mol. The van der Waals surface area contributed by atoms with Crippen LogP contribution in [0.25, 0.3) is 0 Å². The lowest BCUT2D eigenvalue weighted by molar-refractivity contribution is 0.0278. The molecule has 1 aromatic carbocycles. The lowest BCUT2D eigenvalue weighted by atomic mass is 10.0. The van der Waals surface area contributed by atoms with Gasteiger partial charge in [-0.3, -0.25) is 0 Å². The monoisotopic (exact) mass is 335 g/mol. The van der Waals surface area contributed by atoms with Gasteiger partial charge in [-0.05, 0) is 18.4 Å². The van der Waals surface area contributed by atoms with Gasteiger partial charge in [-0.25, -0.2) is 13.4 Å². The highest BCUT2D eigenvalue weighted by Crippen LogP contribution is 2.32. The maximum Gasteiger partial charge on any atom is 0.260 e. The van der Waals surface area contributed by atoms with Crippen LogP contribution < -0.4 is 0 Å². The van der Waals surface area contributed by atoms with Crippen LogP contribution in [0.1, 0.15) is 31.2 Å². The van der Waals surface area contributed by atoms with Gasteiger partial charge in [-0.15, -0.1) is 0 Å². The molecule has 0 aliphatic heterocycles. The second kappa shape index (κ2) is 6.43. The quantitative estimate of drug-likeness (QED) is 0.844. The summed E-state index contributed by atoms with van der Waals surface area (Å²) < 4.78 is 27.1. The summed E-state index contributed by atoms with van der Waals surface area (Å²) in [5.41, 5.74) is -0.0563. The molecule has 0 amide bonds. The third kappa shape index (κ3) is 3.63. The van der Waals surface area contributed by atoms with E-state index in [2.05, 4.69) is 9.97 Å². The largest absolute Gasteiger partial charge is 0.389 e. The van der Waals surface area contributed by atoms with Gasteiger partial charge in [0.2, 0.25) is 0 Å². The van der Waals surface area contributed by atoms with Gasteiger partial charge in [0, 0.05) is 13.1 Å². The topological polar surface area (TPSA) is 86.3 Å². The molecule has 0 radical (unpaired) electrons. The van der Waals surface area contributed by atoms with Crippen LogP contribution in [0.15, 0.2) is 47.9 Å². The molecule has 0 saturated heterocycles. The van der Waals surface area contributed by atoms with Crippen molar-refractivity contribution in [3.05, 3.63) is 48.4 Å². The Kier molecular flexibility index (Phi) is 4.52. The maximum absolute atomic E-state index is 12.9. The van der Waals surface area contributed by atoms with Crippen molar-refractivity contribution in [3.8, 4) is 0 Å². The number of aromatic nitrogens is 2. The van der Waals surface area contributed by atoms with E-state index in [0.717, 1.165) is 18.4 Å². The molecule has 1 aliphatic carbocycles. The van der Waals surface area contributed by atoms with Crippen LogP contribution in [-0.4, -0.2) is 39.9 Å². The predicted molar refractivity (Wildman–Crippen MR) is 86.0 cm³/mol. The van der Waals surface area contributed by atoms with Crippen molar-refractivity contribution in [2.24, 2.45) is 0 Å². The molecule has 1 fully saturated rings. The summed E-state index contributed by atoms with van der Waals surface area (Å²) in [4.78, 5) is 6.46. The van der Waals surface area contributed by atoms with Crippen LogP contribution in [0.4, 0.5) is 0 Å². The summed E-state index contributed by atoms with van der Waals surface area (Å²) in [5, 5.41) is 10.7. The number of aliphatic hydroxyl groups is 1. The molecule has 6 nitrogen and oxygen atoms in total. The van der Waals surface area contributed by atoms with Crippen molar-refractivity contribution < 1.29 is 13.5 Å². The summed E-state index contributed by atoms with van der Waals surface area (Å²) in [5.74, 6) is 0. The SMILES string of the molecule is O=S(=O)(c1cnc[nH]1)N(Cc1ccccc1)CC1(O)CCCC1. The average Bonchev–Trinajstić information content (AvgIpc) is 3.20. The Morgan fingerprint density at radius 3 is 2.52 bits per heavy atom. The van der Waals surface area contributed by atoms with Crippen LogP contribution in [0.5, 0.6) is 0 Å². The van der Waals surface area contributed by atoms with Gasteiger partial charge in [0.1, 0.15) is 0 Å². The highest BCUT2D eigenvalue weighted by atomic mass is 32.2. The molecule has 2 aromatic rings. The molecule has 3 rings (SSSR count). The summed E-state index contributed by atoms with van der Waals surface area (Å²) in [6.45, 7) is 0.327. The maximum atomic E-state index is 12.9. The van der Waals surface area contributed by atoms with Crippen molar-refractivity contribution in [3.63, 3.8) is 0 Å². The Balaban J connectivity index is 1.90. The number of benzene rings is 1. The van der Waals surface area contributed by atoms with E-state index in [9.17, 15) is 13.5 Å². The second-order valence-electron chi connectivity index (χ2n) is 6.11. The van der Waals surface area contributed by atoms with E-state index in [1.165, 1.54) is 16.8 Å². The molecule has 0 unspecified atom stereocenters. The van der Waals surface area contributed by atoms with Gasteiger partial charge in [-0.2, -0.15) is 4.31 Å². The van der Waals surface area contributed by atoms with Gasteiger partial charge in [0.05, 0.1) is 18.1 Å². The minimum absolute atomic E-state index is 0.0510. The number of hydrogen-bond donors (Lipinski definition) is 2. The highest BCUT2D eigenvalue weighted by molar-refractivity contribution is 7.89. The van der Waals surface area contributed by atoms with Gasteiger partial charge >= 0.3 is 0 Å². The Hall–Kier alpha value is -1.70. The first kappa shape index (κ1) is 16.2. The fourth-order valence-corrected chi connectivity index (χ4v) is 4.46. The van der Waals surface area contributed by atoms with Crippen molar-refractivity contribution in [2.75, 3.05) is 6.54 Å². The van der Waals surface area contributed by atoms with Crippen molar-refractivity contribution in [1.82, 2.24) is 14.3 Å². The number of aromatic amines is 1. The van der Waals surface area contributed by atoms with Crippen LogP contribution in [0, 0.1) is 0 Å². The predicted octanol–water partition coefficient (Wildman–Crippen LogP) is 1.91. The van der Waals surface area contributed by atoms with Gasteiger partial charge in [0.15, 0.2) is 5.03 Å². The summed E-state index contributed by atoms with van der Waals surface area (Å²) >= 11 is 0. The van der Waals surface area contributed by atoms with Gasteiger partial charge in [0.25, 0.3) is 10.0 Å². The molecule has 1 saturated carbocycles. The minimum atomic E-state index is -3.73. The van der Waals surface area contributed by atoms with Crippen molar-refractivity contribution in [1.29, 1.82) is 0 Å². The molecule has 1 aromatic heterocycles. The van der Waals surface area contributed by atoms with Crippen LogP contribution in [0.2, 0.25) is 0 Å². The second-order valence-corrected chi connectivity index (χ2v) is 8.01. The van der Waals surface area contributed by atoms with Crippen molar-refractivity contribution >= 4 is 10.0 Å². The lowest BCUT2D eigenvalue weighted by Crippen LogP contribution is -2.43. The molecule has 1 aliphatic rings. The number of imidazole rings is 1. The van der Waals surface area contributed by atoms with E-state index < -0.39 is 15.6 Å². The molecule has 1 heterocycles. The van der Waals surface area contributed by atoms with E-state index in [-0.39, 0.29) is 18.1 Å². The molecule has 0 atom stereocenters. The van der Waals surface area contributed by atoms with E-state index in [0.29, 0.717) is 12.8 Å². The number of sulfonamides is 1. The number of nitrogens with zero attached hydrogens (tertiary/aromatic N) is 2. The van der Waals surface area contributed by atoms with E-state index in [4.69, 9.17) is 0 Å². The third-order valence-electron chi connectivity index (χ3n) is 4.30. The number of H-pyrrole nitrogens is 1. The Bertz CT molecular complexity index is 723. The summed E-state index contributed by atoms with van der Waals surface area (Å²) in [7, 11) is -3.73. The molecule has 0 bridgehead atoms. The first-order valence-corrected chi connectivity index (χ1v) is 9.18. The van der Waals surface area contributed by atoms with E-state index in [1.54, 1.807) is 0 Å². The molecule has 0 spiro atoms. The Labute approximate surface area is 136 Å². The third-order valence-corrected chi connectivity index (χ3v) is 6.01. The smallest absolute Gasteiger partial charge is 0.260 e. The standard InChI is InChI=1S/C16H21N3O3S/c20-16(8-4-5-9-16)12-19(11-14-6-2-1-3-7-14)23(21,22)15-10-17-13-18-15/h1-3,6-7,10,13,20H,4-5,8-9,11-12H2,(H,17,18). The number of rotatable bonds is 6. The highest BCUT2D eigenvalue weighted by Gasteiger charge is 2.37. The Morgan fingerprint density at radius 2 is 1.91 bits per heavy atom. The fraction of sp³-hybridized carbons (Fsp3) is 0.438. The molecule has 2 N–H and O–H groups in total. The molecule has 23 heavy (non-hydrogen) atoms. The van der Waals surface area contributed by atoms with E-state index >= 15 is 0 Å². The molecular formula is C16H21N3O3S. The molecule has 7 heteroatoms. The summed E-state index contributed by atoms with van der Waals surface area (Å²) in [6.07, 6.45) is 5.77. The van der Waals surface area contributed by atoms with Gasteiger partial charge in [-0.1, -0.05) is 43.2 Å². The van der Waals surface area contributed by atoms with Crippen molar-refractivity contribution in [2.45, 2.75) is 42.9 Å². The minimum Gasteiger partial charge on any atom is -0.389 e. The van der Waals surface area contributed by atoms with Crippen LogP contribution >= 0.6 is 0 Å². The number of hydrogen-bond acceptors (Lipinski definition) is 4. The van der Waals surface area contributed by atoms with Crippen LogP contribution in [0.3, 0.4) is 0 Å².